The minimum atomic E-state index is -0.742. The third-order valence-electron chi connectivity index (χ3n) is 6.59. The predicted molar refractivity (Wildman–Crippen MR) is 112 cm³/mol. The zero-order valence-electron chi connectivity index (χ0n) is 17.4. The standard InChI is InChI=1S/C21H28BrN3O5/c1-3-9-29-18(27)6-4-5-10-30-21-12-15-19(13(21)11-17(26)24(21)2)23-20(28)14-7-8-16(22)25(14)15/h7-8,13,15,19H,3-6,9-12H2,1-2H3,(H,23,28)/t13-,15+,19-,21-/m0/s1. The lowest BCUT2D eigenvalue weighted by Crippen LogP contribution is -2.51. The van der Waals surface area contributed by atoms with E-state index < -0.39 is 5.72 Å². The summed E-state index contributed by atoms with van der Waals surface area (Å²) in [5.41, 5.74) is -0.119. The maximum Gasteiger partial charge on any atom is 0.305 e. The highest BCUT2D eigenvalue weighted by molar-refractivity contribution is 9.10. The fourth-order valence-electron chi connectivity index (χ4n) is 5.13. The average molecular weight is 482 g/mol. The van der Waals surface area contributed by atoms with Gasteiger partial charge < -0.3 is 24.3 Å². The first kappa shape index (κ1) is 21.4. The molecule has 0 aromatic carbocycles. The Morgan fingerprint density at radius 3 is 2.87 bits per heavy atom. The number of carbonyl (C=O) groups is 3. The number of nitrogens with one attached hydrogen (secondary N) is 1. The molecule has 1 N–H and O–H groups in total. The van der Waals surface area contributed by atoms with Crippen LogP contribution in [0, 0.1) is 5.92 Å². The minimum Gasteiger partial charge on any atom is -0.466 e. The maximum atomic E-state index is 12.6. The number of unbranched alkanes of at least 4 members (excludes halogenated alkanes) is 1. The molecule has 2 aliphatic heterocycles. The Morgan fingerprint density at radius 1 is 1.30 bits per heavy atom. The fourth-order valence-corrected chi connectivity index (χ4v) is 5.71. The van der Waals surface area contributed by atoms with Crippen molar-refractivity contribution in [1.82, 2.24) is 14.8 Å². The molecule has 9 heteroatoms. The lowest BCUT2D eigenvalue weighted by Gasteiger charge is -2.36. The Balaban J connectivity index is 1.45. The molecule has 0 bridgehead atoms. The third kappa shape index (κ3) is 3.45. The van der Waals surface area contributed by atoms with Crippen LogP contribution in [0.3, 0.4) is 0 Å². The Bertz CT molecular complexity index is 856. The predicted octanol–water partition coefficient (Wildman–Crippen LogP) is 2.62. The molecule has 1 saturated carbocycles. The molecule has 1 aromatic rings. The lowest BCUT2D eigenvalue weighted by atomic mass is 9.95. The molecule has 4 rings (SSSR count). The van der Waals surface area contributed by atoms with Crippen LogP contribution in [0.5, 0.6) is 0 Å². The van der Waals surface area contributed by atoms with E-state index in [-0.39, 0.29) is 35.8 Å². The minimum absolute atomic E-state index is 0.0200. The first-order chi connectivity index (χ1) is 14.4. The molecule has 1 aromatic heterocycles. The number of esters is 1. The number of aromatic nitrogens is 1. The van der Waals surface area contributed by atoms with E-state index >= 15 is 0 Å². The van der Waals surface area contributed by atoms with Crippen LogP contribution >= 0.6 is 15.9 Å². The molecule has 164 valence electrons. The summed E-state index contributed by atoms with van der Waals surface area (Å²) in [5.74, 6) is -0.375. The number of nitrogens with zero attached hydrogens (tertiary/aromatic N) is 2. The first-order valence-electron chi connectivity index (χ1n) is 10.6. The molecule has 30 heavy (non-hydrogen) atoms. The summed E-state index contributed by atoms with van der Waals surface area (Å²) in [6.07, 6.45) is 3.54. The number of ether oxygens (including phenoxy) is 2. The highest BCUT2D eigenvalue weighted by Gasteiger charge is 2.64. The van der Waals surface area contributed by atoms with Gasteiger partial charge in [0.15, 0.2) is 0 Å². The lowest BCUT2D eigenvalue weighted by molar-refractivity contribution is -0.161. The Kier molecular flexibility index (Phi) is 5.94. The summed E-state index contributed by atoms with van der Waals surface area (Å²) in [7, 11) is 1.79. The Labute approximate surface area is 184 Å². The maximum absolute atomic E-state index is 12.6. The number of likely N-dealkylation sites (tertiary alicyclic amines) is 1. The van der Waals surface area contributed by atoms with Gasteiger partial charge in [-0.05, 0) is 47.3 Å². The van der Waals surface area contributed by atoms with Crippen LogP contribution in [-0.2, 0) is 19.1 Å². The molecule has 4 atom stereocenters. The highest BCUT2D eigenvalue weighted by atomic mass is 79.9. The molecule has 0 unspecified atom stereocenters. The van der Waals surface area contributed by atoms with E-state index in [1.165, 1.54) is 0 Å². The number of fused-ring (bicyclic) bond motifs is 5. The second-order valence-corrected chi connectivity index (χ2v) is 9.13. The van der Waals surface area contributed by atoms with E-state index in [4.69, 9.17) is 9.47 Å². The summed E-state index contributed by atoms with van der Waals surface area (Å²) in [4.78, 5) is 38.5. The van der Waals surface area contributed by atoms with Crippen molar-refractivity contribution < 1.29 is 23.9 Å². The van der Waals surface area contributed by atoms with Gasteiger partial charge in [-0.25, -0.2) is 0 Å². The summed E-state index contributed by atoms with van der Waals surface area (Å²) >= 11 is 3.56. The largest absolute Gasteiger partial charge is 0.466 e. The zero-order valence-corrected chi connectivity index (χ0v) is 18.9. The fraction of sp³-hybridized carbons (Fsp3) is 0.667. The SMILES string of the molecule is CCCOC(=O)CCCCO[C@@]12C[C@@H]3[C@@H](NC(=O)c4ccc(Br)n43)[C@@H]1CC(=O)N2C. The van der Waals surface area contributed by atoms with E-state index in [2.05, 4.69) is 21.2 Å². The van der Waals surface area contributed by atoms with Crippen molar-refractivity contribution in [3.05, 3.63) is 22.4 Å². The molecule has 2 amide bonds. The summed E-state index contributed by atoms with van der Waals surface area (Å²) < 4.78 is 14.4. The van der Waals surface area contributed by atoms with E-state index in [0.29, 0.717) is 51.0 Å². The molecule has 3 aliphatic rings. The Morgan fingerprint density at radius 2 is 2.10 bits per heavy atom. The van der Waals surface area contributed by atoms with Crippen LogP contribution in [-0.4, -0.2) is 59.3 Å². The second kappa shape index (κ2) is 8.34. The molecular formula is C21H28BrN3O5. The molecule has 3 heterocycles. The van der Waals surface area contributed by atoms with Crippen LogP contribution in [0.2, 0.25) is 0 Å². The van der Waals surface area contributed by atoms with Crippen molar-refractivity contribution in [2.24, 2.45) is 5.92 Å². The van der Waals surface area contributed by atoms with Crippen LogP contribution in [0.25, 0.3) is 0 Å². The zero-order chi connectivity index (χ0) is 21.5. The van der Waals surface area contributed by atoms with Gasteiger partial charge in [0.25, 0.3) is 5.91 Å². The van der Waals surface area contributed by atoms with E-state index in [9.17, 15) is 14.4 Å². The number of rotatable bonds is 8. The van der Waals surface area contributed by atoms with Crippen molar-refractivity contribution in [2.45, 2.75) is 63.3 Å². The van der Waals surface area contributed by atoms with Gasteiger partial charge in [-0.3, -0.25) is 14.4 Å². The van der Waals surface area contributed by atoms with Gasteiger partial charge in [-0.1, -0.05) is 6.92 Å². The second-order valence-electron chi connectivity index (χ2n) is 8.32. The summed E-state index contributed by atoms with van der Waals surface area (Å²) in [6.45, 7) is 2.87. The van der Waals surface area contributed by atoms with Crippen LogP contribution in [0.15, 0.2) is 16.7 Å². The first-order valence-corrected chi connectivity index (χ1v) is 11.4. The molecule has 0 spiro atoms. The van der Waals surface area contributed by atoms with Crippen LogP contribution in [0.1, 0.15) is 62.0 Å². The van der Waals surface area contributed by atoms with Gasteiger partial charge in [0.2, 0.25) is 5.91 Å². The molecule has 0 radical (unpaired) electrons. The number of amides is 2. The number of halogens is 1. The van der Waals surface area contributed by atoms with Crippen molar-refractivity contribution in [1.29, 1.82) is 0 Å². The van der Waals surface area contributed by atoms with Gasteiger partial charge in [0.1, 0.15) is 11.4 Å². The van der Waals surface area contributed by atoms with Crippen molar-refractivity contribution in [2.75, 3.05) is 20.3 Å². The highest BCUT2D eigenvalue weighted by Crippen LogP contribution is 2.54. The molecule has 1 saturated heterocycles. The topological polar surface area (TPSA) is 89.9 Å². The van der Waals surface area contributed by atoms with E-state index in [0.717, 1.165) is 11.0 Å². The smallest absolute Gasteiger partial charge is 0.305 e. The van der Waals surface area contributed by atoms with Gasteiger partial charge >= 0.3 is 5.97 Å². The van der Waals surface area contributed by atoms with Gasteiger partial charge in [-0.2, -0.15) is 0 Å². The van der Waals surface area contributed by atoms with E-state index in [1.54, 1.807) is 11.9 Å². The van der Waals surface area contributed by atoms with Gasteiger partial charge in [0.05, 0.1) is 23.3 Å². The monoisotopic (exact) mass is 481 g/mol. The Hall–Kier alpha value is -1.87. The van der Waals surface area contributed by atoms with E-state index in [1.807, 2.05) is 23.6 Å². The van der Waals surface area contributed by atoms with Crippen molar-refractivity contribution in [3.63, 3.8) is 0 Å². The molecular weight excluding hydrogens is 454 g/mol. The number of carbonyl (C=O) groups excluding carboxylic acids is 3. The quantitative estimate of drug-likeness (QED) is 0.455. The normalized spacial score (nSPS) is 29.4. The average Bonchev–Trinajstić information content (AvgIpc) is 3.32. The van der Waals surface area contributed by atoms with Gasteiger partial charge in [0, 0.05) is 38.8 Å². The van der Waals surface area contributed by atoms with Crippen molar-refractivity contribution in [3.8, 4) is 0 Å². The molecule has 8 nitrogen and oxygen atoms in total. The van der Waals surface area contributed by atoms with Crippen LogP contribution in [0.4, 0.5) is 0 Å². The number of hydrogen-bond donors (Lipinski definition) is 1. The third-order valence-corrected chi connectivity index (χ3v) is 7.24. The molecule has 1 aliphatic carbocycles. The summed E-state index contributed by atoms with van der Waals surface area (Å²) in [6, 6.07) is 3.55. The summed E-state index contributed by atoms with van der Waals surface area (Å²) in [5, 5.41) is 3.12. The van der Waals surface area contributed by atoms with Gasteiger partial charge in [-0.15, -0.1) is 0 Å². The van der Waals surface area contributed by atoms with Crippen LogP contribution < -0.4 is 5.32 Å². The number of hydrogen-bond acceptors (Lipinski definition) is 5. The molecule has 2 fully saturated rings. The van der Waals surface area contributed by atoms with Crippen molar-refractivity contribution >= 4 is 33.7 Å².